The monoisotopic (exact) mass is 407 g/mol. The Hall–Kier alpha value is -1.92. The quantitative estimate of drug-likeness (QED) is 0.748. The predicted octanol–water partition coefficient (Wildman–Crippen LogP) is 4.20. The molecule has 3 rings (SSSR count). The number of hydrogen-bond acceptors (Lipinski definition) is 3. The molecule has 1 aromatic carbocycles. The summed E-state index contributed by atoms with van der Waals surface area (Å²) in [7, 11) is 1.68. The third-order valence-corrected chi connectivity index (χ3v) is 5.07. The van der Waals surface area contributed by atoms with Crippen molar-refractivity contribution in [3.63, 3.8) is 0 Å². The highest BCUT2D eigenvalue weighted by Gasteiger charge is 2.47. The van der Waals surface area contributed by atoms with Gasteiger partial charge in [-0.05, 0) is 34.5 Å². The van der Waals surface area contributed by atoms with Gasteiger partial charge >= 0.3 is 6.03 Å². The fourth-order valence-electron chi connectivity index (χ4n) is 2.83. The number of carbonyl (C=O) groups is 2. The van der Waals surface area contributed by atoms with E-state index in [2.05, 4.69) is 20.9 Å². The van der Waals surface area contributed by atoms with E-state index in [-0.39, 0.29) is 23.2 Å². The summed E-state index contributed by atoms with van der Waals surface area (Å²) < 4.78 is 0.677. The van der Waals surface area contributed by atoms with Crippen molar-refractivity contribution in [2.24, 2.45) is 0 Å². The van der Waals surface area contributed by atoms with Gasteiger partial charge in [0.15, 0.2) is 5.82 Å². The Labute approximate surface area is 153 Å². The number of imide groups is 1. The number of hydrogen-bond donors (Lipinski definition) is 0. The van der Waals surface area contributed by atoms with Crippen LogP contribution in [0.5, 0.6) is 0 Å². The van der Waals surface area contributed by atoms with Gasteiger partial charge in [0.1, 0.15) is 0 Å². The Morgan fingerprint density at radius 2 is 1.92 bits per heavy atom. The number of amides is 3. The summed E-state index contributed by atoms with van der Waals surface area (Å²) in [4.78, 5) is 32.4. The van der Waals surface area contributed by atoms with Crippen molar-refractivity contribution < 1.29 is 9.59 Å². The largest absolute Gasteiger partial charge is 0.333 e. The first kappa shape index (κ1) is 16.9. The molecular formula is C17H15BrClN3O2. The number of aromatic nitrogens is 1. The van der Waals surface area contributed by atoms with Crippen molar-refractivity contribution in [3.05, 3.63) is 57.7 Å². The lowest BCUT2D eigenvalue weighted by atomic mass is 9.85. The number of anilines is 1. The number of rotatable bonds is 2. The van der Waals surface area contributed by atoms with E-state index >= 15 is 0 Å². The Morgan fingerprint density at radius 1 is 1.25 bits per heavy atom. The summed E-state index contributed by atoms with van der Waals surface area (Å²) in [5.74, 6) is -0.182. The van der Waals surface area contributed by atoms with Crippen molar-refractivity contribution in [2.75, 3.05) is 11.9 Å². The maximum absolute atomic E-state index is 12.9. The standard InChI is InChI=1S/C17H15BrClN3O2/c1-17(11-6-4-3-5-7-11)9-14(23)22(16(24)21(17)2)15-13(19)8-12(18)10-20-15/h3-8,10H,9H2,1-2H3/t17-/m0/s1. The second-order valence-electron chi connectivity index (χ2n) is 5.85. The molecule has 0 saturated carbocycles. The molecule has 0 bridgehead atoms. The highest BCUT2D eigenvalue weighted by molar-refractivity contribution is 9.10. The first-order chi connectivity index (χ1) is 11.3. The Balaban J connectivity index is 2.02. The fourth-order valence-corrected chi connectivity index (χ4v) is 3.55. The van der Waals surface area contributed by atoms with Gasteiger partial charge in [-0.15, -0.1) is 0 Å². The van der Waals surface area contributed by atoms with Crippen LogP contribution in [0.1, 0.15) is 18.9 Å². The predicted molar refractivity (Wildman–Crippen MR) is 96.0 cm³/mol. The van der Waals surface area contributed by atoms with Crippen LogP contribution in [0.15, 0.2) is 47.1 Å². The summed E-state index contributed by atoms with van der Waals surface area (Å²) in [6, 6.07) is 10.7. The molecule has 1 aromatic heterocycles. The van der Waals surface area contributed by atoms with Gasteiger partial charge in [0.25, 0.3) is 0 Å². The summed E-state index contributed by atoms with van der Waals surface area (Å²) in [6.45, 7) is 1.88. The second kappa shape index (κ2) is 6.18. The summed E-state index contributed by atoms with van der Waals surface area (Å²) in [5.41, 5.74) is 0.192. The molecular weight excluding hydrogens is 394 g/mol. The molecule has 1 atom stereocenters. The highest BCUT2D eigenvalue weighted by atomic mass is 79.9. The second-order valence-corrected chi connectivity index (χ2v) is 7.17. The number of urea groups is 1. The van der Waals surface area contributed by atoms with Crippen molar-refractivity contribution in [1.29, 1.82) is 0 Å². The van der Waals surface area contributed by atoms with Crippen LogP contribution < -0.4 is 4.90 Å². The van der Waals surface area contributed by atoms with Crippen molar-refractivity contribution in [2.45, 2.75) is 18.9 Å². The van der Waals surface area contributed by atoms with Crippen molar-refractivity contribution >= 4 is 45.3 Å². The average molecular weight is 409 g/mol. The molecule has 0 radical (unpaired) electrons. The van der Waals surface area contributed by atoms with E-state index in [9.17, 15) is 9.59 Å². The smallest absolute Gasteiger partial charge is 0.317 e. The lowest BCUT2D eigenvalue weighted by molar-refractivity contribution is -0.122. The number of pyridine rings is 1. The zero-order valence-electron chi connectivity index (χ0n) is 13.2. The lowest BCUT2D eigenvalue weighted by Gasteiger charge is -2.45. The zero-order chi connectivity index (χ0) is 17.5. The number of benzene rings is 1. The highest BCUT2D eigenvalue weighted by Crippen LogP contribution is 2.38. The normalized spacial score (nSPS) is 21.3. The molecule has 1 fully saturated rings. The zero-order valence-corrected chi connectivity index (χ0v) is 15.5. The molecule has 7 heteroatoms. The molecule has 1 aliphatic heterocycles. The van der Waals surface area contributed by atoms with E-state index in [4.69, 9.17) is 11.6 Å². The minimum absolute atomic E-state index is 0.146. The molecule has 3 amide bonds. The van der Waals surface area contributed by atoms with Crippen LogP contribution >= 0.6 is 27.5 Å². The van der Waals surface area contributed by atoms with Crippen LogP contribution in [0, 0.1) is 0 Å². The van der Waals surface area contributed by atoms with Gasteiger partial charge in [0, 0.05) is 17.7 Å². The molecule has 0 unspecified atom stereocenters. The Bertz CT molecular complexity index is 815. The van der Waals surface area contributed by atoms with E-state index in [1.54, 1.807) is 18.0 Å². The molecule has 1 aliphatic rings. The van der Waals surface area contributed by atoms with Gasteiger partial charge in [-0.1, -0.05) is 41.9 Å². The minimum Gasteiger partial charge on any atom is -0.317 e. The summed E-state index contributed by atoms with van der Waals surface area (Å²) in [6.07, 6.45) is 1.65. The van der Waals surface area contributed by atoms with Gasteiger partial charge in [0.2, 0.25) is 5.91 Å². The van der Waals surface area contributed by atoms with E-state index in [1.807, 2.05) is 37.3 Å². The lowest BCUT2D eigenvalue weighted by Crippen LogP contribution is -2.60. The van der Waals surface area contributed by atoms with Gasteiger partial charge in [-0.25, -0.2) is 14.7 Å². The average Bonchev–Trinajstić information content (AvgIpc) is 2.55. The van der Waals surface area contributed by atoms with Crippen molar-refractivity contribution in [3.8, 4) is 0 Å². The first-order valence-electron chi connectivity index (χ1n) is 7.32. The van der Waals surface area contributed by atoms with Crippen LogP contribution in [0.25, 0.3) is 0 Å². The number of carbonyl (C=O) groups excluding carboxylic acids is 2. The maximum Gasteiger partial charge on any atom is 0.333 e. The van der Waals surface area contributed by atoms with Crippen LogP contribution in [0.4, 0.5) is 10.6 Å². The van der Waals surface area contributed by atoms with E-state index < -0.39 is 11.6 Å². The third-order valence-electron chi connectivity index (χ3n) is 4.36. The third kappa shape index (κ3) is 2.70. The van der Waals surface area contributed by atoms with Crippen LogP contribution in [-0.4, -0.2) is 28.9 Å². The Kier molecular flexibility index (Phi) is 4.36. The number of halogens is 2. The molecule has 1 saturated heterocycles. The van der Waals surface area contributed by atoms with Gasteiger partial charge in [-0.2, -0.15) is 0 Å². The maximum atomic E-state index is 12.9. The van der Waals surface area contributed by atoms with Crippen LogP contribution in [0.3, 0.4) is 0 Å². The summed E-state index contributed by atoms with van der Waals surface area (Å²) in [5, 5.41) is 0.239. The SMILES string of the molecule is CN1C(=O)N(c2ncc(Br)cc2Cl)C(=O)C[C@@]1(C)c1ccccc1. The molecule has 5 nitrogen and oxygen atoms in total. The molecule has 2 heterocycles. The molecule has 0 N–H and O–H groups in total. The van der Waals surface area contributed by atoms with Crippen LogP contribution in [-0.2, 0) is 10.3 Å². The van der Waals surface area contributed by atoms with Gasteiger partial charge < -0.3 is 4.90 Å². The first-order valence-corrected chi connectivity index (χ1v) is 8.49. The minimum atomic E-state index is -0.715. The van der Waals surface area contributed by atoms with Gasteiger partial charge in [0.05, 0.1) is 17.0 Å². The molecule has 24 heavy (non-hydrogen) atoms. The molecule has 0 aliphatic carbocycles. The van der Waals surface area contributed by atoms with E-state index in [1.165, 1.54) is 6.20 Å². The van der Waals surface area contributed by atoms with Crippen LogP contribution in [0.2, 0.25) is 5.02 Å². The molecule has 0 spiro atoms. The van der Waals surface area contributed by atoms with Crippen molar-refractivity contribution in [1.82, 2.24) is 9.88 Å². The van der Waals surface area contributed by atoms with E-state index in [0.29, 0.717) is 4.47 Å². The number of nitrogens with zero attached hydrogens (tertiary/aromatic N) is 3. The van der Waals surface area contributed by atoms with E-state index in [0.717, 1.165) is 10.5 Å². The molecule has 2 aromatic rings. The Morgan fingerprint density at radius 3 is 2.54 bits per heavy atom. The fraction of sp³-hybridized carbons (Fsp3) is 0.235. The van der Waals surface area contributed by atoms with Gasteiger partial charge in [-0.3, -0.25) is 4.79 Å². The molecule has 124 valence electrons. The summed E-state index contributed by atoms with van der Waals surface area (Å²) >= 11 is 9.44. The topological polar surface area (TPSA) is 53.5 Å².